The second kappa shape index (κ2) is 9.11. The van der Waals surface area contributed by atoms with Gasteiger partial charge in [-0.05, 0) is 29.7 Å². The lowest BCUT2D eigenvalue weighted by atomic mass is 10.0. The second-order valence-electron chi connectivity index (χ2n) is 6.94. The third kappa shape index (κ3) is 5.05. The number of halogens is 2. The molecule has 9 heteroatoms. The lowest BCUT2D eigenvalue weighted by Crippen LogP contribution is -2.48. The molecule has 0 saturated carbocycles. The Morgan fingerprint density at radius 1 is 1.43 bits per heavy atom. The molecule has 1 aromatic heterocycles. The number of rotatable bonds is 6. The zero-order valence-electron chi connectivity index (χ0n) is 15.6. The molecule has 2 unspecified atom stereocenters. The van der Waals surface area contributed by atoms with Gasteiger partial charge in [-0.3, -0.25) is 4.68 Å². The van der Waals surface area contributed by atoms with Crippen LogP contribution in [-0.4, -0.2) is 58.7 Å². The number of nitrogens with zero attached hydrogens (tertiary/aromatic N) is 3. The highest BCUT2D eigenvalue weighted by atomic mass is 19.2. The molecule has 2 atom stereocenters. The largest absolute Gasteiger partial charge is 0.396 e. The first-order valence-corrected chi connectivity index (χ1v) is 9.14. The minimum absolute atomic E-state index is 0.0598. The van der Waals surface area contributed by atoms with Crippen LogP contribution in [0, 0.1) is 17.6 Å². The van der Waals surface area contributed by atoms with E-state index in [0.29, 0.717) is 31.7 Å². The second-order valence-corrected chi connectivity index (χ2v) is 6.94. The predicted molar refractivity (Wildman–Crippen MR) is 97.5 cm³/mol. The van der Waals surface area contributed by atoms with Gasteiger partial charge in [-0.15, -0.1) is 0 Å². The van der Waals surface area contributed by atoms with Crippen molar-refractivity contribution in [1.82, 2.24) is 20.0 Å². The van der Waals surface area contributed by atoms with Crippen molar-refractivity contribution >= 4 is 6.03 Å². The number of aliphatic hydroxyl groups excluding tert-OH is 1. The molecule has 0 spiro atoms. The average molecular weight is 394 g/mol. The van der Waals surface area contributed by atoms with Gasteiger partial charge in [0, 0.05) is 38.9 Å². The minimum Gasteiger partial charge on any atom is -0.396 e. The van der Waals surface area contributed by atoms with Crippen molar-refractivity contribution in [2.45, 2.75) is 12.5 Å². The molecule has 2 heterocycles. The molecule has 7 nitrogen and oxygen atoms in total. The number of carbonyl (C=O) groups excluding carboxylic acids is 1. The van der Waals surface area contributed by atoms with Crippen LogP contribution in [0.5, 0.6) is 0 Å². The molecule has 3 rings (SSSR count). The fraction of sp³-hybridized carbons (Fsp3) is 0.474. The molecule has 1 aromatic carbocycles. The molecular formula is C19H24F2N4O3. The molecule has 28 heavy (non-hydrogen) atoms. The van der Waals surface area contributed by atoms with Crippen molar-refractivity contribution in [2.24, 2.45) is 13.0 Å². The Balaban J connectivity index is 1.53. The fourth-order valence-electron chi connectivity index (χ4n) is 3.20. The van der Waals surface area contributed by atoms with E-state index >= 15 is 0 Å². The van der Waals surface area contributed by atoms with E-state index in [9.17, 15) is 18.7 Å². The zero-order valence-corrected chi connectivity index (χ0v) is 15.6. The number of aryl methyl sites for hydroxylation is 1. The van der Waals surface area contributed by atoms with Crippen LogP contribution in [0.1, 0.15) is 17.2 Å². The maximum absolute atomic E-state index is 13.5. The number of aliphatic hydroxyl groups is 1. The summed E-state index contributed by atoms with van der Waals surface area (Å²) in [5.41, 5.74) is 1.47. The topological polar surface area (TPSA) is 79.6 Å². The number of hydrogen-bond donors (Lipinski definition) is 2. The Morgan fingerprint density at radius 2 is 2.25 bits per heavy atom. The summed E-state index contributed by atoms with van der Waals surface area (Å²) in [6.07, 6.45) is 3.70. The van der Waals surface area contributed by atoms with Gasteiger partial charge in [0.1, 0.15) is 6.10 Å². The van der Waals surface area contributed by atoms with Crippen molar-refractivity contribution < 1.29 is 23.4 Å². The Bertz CT molecular complexity index is 814. The molecule has 1 fully saturated rings. The molecule has 1 aliphatic heterocycles. The van der Waals surface area contributed by atoms with Gasteiger partial charge in [0.25, 0.3) is 0 Å². The maximum atomic E-state index is 13.5. The summed E-state index contributed by atoms with van der Waals surface area (Å²) in [5, 5.41) is 16.5. The number of hydrogen-bond acceptors (Lipinski definition) is 4. The standard InChI is InChI=1S/C19H24F2N4O3/c1-24-10-13(9-23-24)6-14(12-26)8-22-19(27)25-4-5-28-18(11-25)15-2-3-16(20)17(21)7-15/h2-3,7,9-10,14,18,26H,4-6,8,11-12H2,1H3,(H,22,27). The molecule has 2 N–H and O–H groups in total. The van der Waals surface area contributed by atoms with Gasteiger partial charge in [-0.2, -0.15) is 5.10 Å². The van der Waals surface area contributed by atoms with E-state index in [4.69, 9.17) is 4.74 Å². The summed E-state index contributed by atoms with van der Waals surface area (Å²) < 4.78 is 33.9. The molecule has 152 valence electrons. The van der Waals surface area contributed by atoms with E-state index in [1.165, 1.54) is 6.07 Å². The zero-order chi connectivity index (χ0) is 20.1. The molecule has 1 saturated heterocycles. The van der Waals surface area contributed by atoms with E-state index in [0.717, 1.165) is 17.7 Å². The average Bonchev–Trinajstić information content (AvgIpc) is 3.11. The summed E-state index contributed by atoms with van der Waals surface area (Å²) in [5.74, 6) is -1.99. The number of carbonyl (C=O) groups is 1. The van der Waals surface area contributed by atoms with E-state index in [-0.39, 0.29) is 25.1 Å². The van der Waals surface area contributed by atoms with Crippen molar-refractivity contribution in [3.63, 3.8) is 0 Å². The highest BCUT2D eigenvalue weighted by molar-refractivity contribution is 5.74. The molecular weight excluding hydrogens is 370 g/mol. The number of nitrogens with one attached hydrogen (secondary N) is 1. The van der Waals surface area contributed by atoms with Gasteiger partial charge in [0.15, 0.2) is 11.6 Å². The number of benzene rings is 1. The van der Waals surface area contributed by atoms with Crippen LogP contribution in [-0.2, 0) is 18.2 Å². The third-order valence-electron chi connectivity index (χ3n) is 4.75. The Morgan fingerprint density at radius 3 is 2.93 bits per heavy atom. The monoisotopic (exact) mass is 394 g/mol. The number of ether oxygens (including phenoxy) is 1. The number of amides is 2. The Hall–Kier alpha value is -2.52. The van der Waals surface area contributed by atoms with Gasteiger partial charge < -0.3 is 20.1 Å². The molecule has 2 amide bonds. The maximum Gasteiger partial charge on any atom is 0.317 e. The summed E-state index contributed by atoms with van der Waals surface area (Å²) in [4.78, 5) is 14.1. The van der Waals surface area contributed by atoms with Crippen molar-refractivity contribution in [3.05, 3.63) is 53.4 Å². The predicted octanol–water partition coefficient (Wildman–Crippen LogP) is 1.63. The Labute approximate surface area is 161 Å². The molecule has 0 bridgehead atoms. The van der Waals surface area contributed by atoms with Crippen LogP contribution in [0.2, 0.25) is 0 Å². The molecule has 0 aliphatic carbocycles. The van der Waals surface area contributed by atoms with Crippen LogP contribution >= 0.6 is 0 Å². The SMILES string of the molecule is Cn1cc(CC(CO)CNC(=O)N2CCOC(c3ccc(F)c(F)c3)C2)cn1. The normalized spacial score (nSPS) is 18.1. The van der Waals surface area contributed by atoms with Crippen molar-refractivity contribution in [1.29, 1.82) is 0 Å². The fourth-order valence-corrected chi connectivity index (χ4v) is 3.20. The summed E-state index contributed by atoms with van der Waals surface area (Å²) in [7, 11) is 1.82. The highest BCUT2D eigenvalue weighted by Gasteiger charge is 2.26. The van der Waals surface area contributed by atoms with Crippen LogP contribution in [0.15, 0.2) is 30.6 Å². The van der Waals surface area contributed by atoms with E-state index in [2.05, 4.69) is 10.4 Å². The molecule has 2 aromatic rings. The smallest absolute Gasteiger partial charge is 0.317 e. The number of morpholine rings is 1. The third-order valence-corrected chi connectivity index (χ3v) is 4.75. The van der Waals surface area contributed by atoms with E-state index < -0.39 is 17.7 Å². The first-order chi connectivity index (χ1) is 13.5. The highest BCUT2D eigenvalue weighted by Crippen LogP contribution is 2.23. The molecule has 1 aliphatic rings. The van der Waals surface area contributed by atoms with Crippen molar-refractivity contribution in [3.8, 4) is 0 Å². The number of aromatic nitrogens is 2. The first kappa shape index (κ1) is 20.2. The van der Waals surface area contributed by atoms with Crippen LogP contribution in [0.25, 0.3) is 0 Å². The quantitative estimate of drug-likeness (QED) is 0.781. The van der Waals surface area contributed by atoms with Gasteiger partial charge in [0.05, 0.1) is 19.3 Å². The van der Waals surface area contributed by atoms with Crippen LogP contribution < -0.4 is 5.32 Å². The summed E-state index contributed by atoms with van der Waals surface area (Å²) in [6.45, 7) is 1.20. The van der Waals surface area contributed by atoms with Crippen LogP contribution in [0.4, 0.5) is 13.6 Å². The summed E-state index contributed by atoms with van der Waals surface area (Å²) in [6, 6.07) is 3.33. The van der Waals surface area contributed by atoms with E-state index in [1.54, 1.807) is 15.8 Å². The minimum atomic E-state index is -0.941. The van der Waals surface area contributed by atoms with Gasteiger partial charge in [-0.1, -0.05) is 6.07 Å². The van der Waals surface area contributed by atoms with Gasteiger partial charge >= 0.3 is 6.03 Å². The van der Waals surface area contributed by atoms with Crippen molar-refractivity contribution in [2.75, 3.05) is 32.8 Å². The van der Waals surface area contributed by atoms with Crippen LogP contribution in [0.3, 0.4) is 0 Å². The summed E-state index contributed by atoms with van der Waals surface area (Å²) >= 11 is 0. The van der Waals surface area contributed by atoms with Gasteiger partial charge in [-0.25, -0.2) is 13.6 Å². The van der Waals surface area contributed by atoms with E-state index in [1.807, 2.05) is 13.2 Å². The van der Waals surface area contributed by atoms with Gasteiger partial charge in [0.2, 0.25) is 0 Å². The first-order valence-electron chi connectivity index (χ1n) is 9.14. The molecule has 0 radical (unpaired) electrons. The number of urea groups is 1. The lowest BCUT2D eigenvalue weighted by molar-refractivity contribution is -0.0157. The Kier molecular flexibility index (Phi) is 6.58. The lowest BCUT2D eigenvalue weighted by Gasteiger charge is -2.33.